The maximum atomic E-state index is 13.8. The predicted molar refractivity (Wildman–Crippen MR) is 102 cm³/mol. The maximum Gasteiger partial charge on any atom is 0.191 e. The Morgan fingerprint density at radius 1 is 1.12 bits per heavy atom. The number of thioether (sulfide) groups is 1. The summed E-state index contributed by atoms with van der Waals surface area (Å²) in [6, 6.07) is 12.9. The van der Waals surface area contributed by atoms with Gasteiger partial charge in [-0.15, -0.1) is 10.2 Å². The van der Waals surface area contributed by atoms with E-state index in [2.05, 4.69) is 16.3 Å². The smallest absolute Gasteiger partial charge is 0.191 e. The molecule has 136 valence electrons. The average molecular weight is 371 g/mol. The second-order valence-electron chi connectivity index (χ2n) is 6.08. The summed E-state index contributed by atoms with van der Waals surface area (Å²) < 4.78 is 21.7. The number of nitrogens with zero attached hydrogens (tertiary/aromatic N) is 3. The van der Waals surface area contributed by atoms with Gasteiger partial charge in [-0.1, -0.05) is 42.1 Å². The van der Waals surface area contributed by atoms with Gasteiger partial charge in [-0.3, -0.25) is 0 Å². The zero-order valence-electron chi connectivity index (χ0n) is 15.2. The van der Waals surface area contributed by atoms with Gasteiger partial charge in [0.2, 0.25) is 0 Å². The number of aryl methyl sites for hydroxylation is 2. The highest BCUT2D eigenvalue weighted by Gasteiger charge is 2.13. The molecular formula is C20H22FN3OS. The Morgan fingerprint density at radius 2 is 1.92 bits per heavy atom. The summed E-state index contributed by atoms with van der Waals surface area (Å²) in [5, 5.41) is 9.29. The first kappa shape index (κ1) is 18.5. The summed E-state index contributed by atoms with van der Waals surface area (Å²) in [4.78, 5) is 0. The molecule has 0 aliphatic carbocycles. The van der Waals surface area contributed by atoms with Crippen molar-refractivity contribution in [2.75, 3.05) is 0 Å². The van der Waals surface area contributed by atoms with Crippen molar-refractivity contribution in [1.29, 1.82) is 0 Å². The van der Waals surface area contributed by atoms with E-state index in [1.165, 1.54) is 17.8 Å². The summed E-state index contributed by atoms with van der Waals surface area (Å²) in [5.41, 5.74) is 2.91. The summed E-state index contributed by atoms with van der Waals surface area (Å²) in [6.07, 6.45) is 0. The van der Waals surface area contributed by atoms with E-state index in [0.29, 0.717) is 17.9 Å². The fourth-order valence-electron chi connectivity index (χ4n) is 2.61. The van der Waals surface area contributed by atoms with Crippen molar-refractivity contribution in [3.63, 3.8) is 0 Å². The van der Waals surface area contributed by atoms with Crippen LogP contribution in [0.5, 0.6) is 5.75 Å². The van der Waals surface area contributed by atoms with E-state index in [9.17, 15) is 4.39 Å². The molecule has 3 aromatic rings. The van der Waals surface area contributed by atoms with Gasteiger partial charge in [0, 0.05) is 12.3 Å². The van der Waals surface area contributed by atoms with E-state index in [4.69, 9.17) is 4.74 Å². The Morgan fingerprint density at radius 3 is 2.69 bits per heavy atom. The third-order valence-electron chi connectivity index (χ3n) is 4.12. The van der Waals surface area contributed by atoms with Crippen molar-refractivity contribution in [3.8, 4) is 5.75 Å². The number of halogens is 1. The summed E-state index contributed by atoms with van der Waals surface area (Å²) in [6.45, 7) is 7.19. The monoisotopic (exact) mass is 371 g/mol. The van der Waals surface area contributed by atoms with Crippen LogP contribution < -0.4 is 4.74 Å². The van der Waals surface area contributed by atoms with E-state index in [1.54, 1.807) is 12.1 Å². The lowest BCUT2D eigenvalue weighted by Gasteiger charge is -2.11. The van der Waals surface area contributed by atoms with Crippen LogP contribution >= 0.6 is 11.8 Å². The van der Waals surface area contributed by atoms with Crippen molar-refractivity contribution in [1.82, 2.24) is 14.8 Å². The molecule has 0 N–H and O–H groups in total. The molecule has 26 heavy (non-hydrogen) atoms. The molecule has 0 atom stereocenters. The Labute approximate surface area is 157 Å². The van der Waals surface area contributed by atoms with E-state index in [1.807, 2.05) is 43.5 Å². The molecule has 0 spiro atoms. The minimum absolute atomic E-state index is 0.193. The van der Waals surface area contributed by atoms with E-state index >= 15 is 0 Å². The summed E-state index contributed by atoms with van der Waals surface area (Å²) in [5.74, 6) is 1.95. The van der Waals surface area contributed by atoms with Crippen LogP contribution in [0.4, 0.5) is 4.39 Å². The van der Waals surface area contributed by atoms with Crippen molar-refractivity contribution in [3.05, 3.63) is 70.8 Å². The van der Waals surface area contributed by atoms with Gasteiger partial charge in [-0.25, -0.2) is 4.39 Å². The molecule has 0 aliphatic heterocycles. The predicted octanol–water partition coefficient (Wildman–Crippen LogP) is 4.93. The highest BCUT2D eigenvalue weighted by atomic mass is 32.2. The van der Waals surface area contributed by atoms with Crippen LogP contribution in [-0.2, 0) is 18.9 Å². The second kappa shape index (κ2) is 8.36. The quantitative estimate of drug-likeness (QED) is 0.553. The van der Waals surface area contributed by atoms with Crippen LogP contribution in [0, 0.1) is 19.7 Å². The minimum atomic E-state index is -0.193. The largest absolute Gasteiger partial charge is 0.485 e. The first-order chi connectivity index (χ1) is 12.6. The molecule has 0 fully saturated rings. The topological polar surface area (TPSA) is 39.9 Å². The van der Waals surface area contributed by atoms with Crippen LogP contribution in [-0.4, -0.2) is 14.8 Å². The van der Waals surface area contributed by atoms with Gasteiger partial charge in [-0.2, -0.15) is 0 Å². The average Bonchev–Trinajstić information content (AvgIpc) is 3.03. The SMILES string of the molecule is CCn1c(COc2cc(C)ccc2C)nnc1SCc1ccccc1F. The number of benzene rings is 2. The van der Waals surface area contributed by atoms with Crippen LogP contribution in [0.2, 0.25) is 0 Å². The molecule has 3 rings (SSSR count). The molecule has 2 aromatic carbocycles. The number of hydrogen-bond acceptors (Lipinski definition) is 4. The van der Waals surface area contributed by atoms with Crippen LogP contribution in [0.3, 0.4) is 0 Å². The molecule has 0 bridgehead atoms. The Kier molecular flexibility index (Phi) is 5.93. The van der Waals surface area contributed by atoms with Crippen LogP contribution in [0.25, 0.3) is 0 Å². The lowest BCUT2D eigenvalue weighted by Crippen LogP contribution is -2.07. The van der Waals surface area contributed by atoms with Crippen molar-refractivity contribution in [2.45, 2.75) is 44.8 Å². The molecule has 0 saturated heterocycles. The number of ether oxygens (including phenoxy) is 1. The molecule has 0 unspecified atom stereocenters. The van der Waals surface area contributed by atoms with Gasteiger partial charge in [0.05, 0.1) is 0 Å². The van der Waals surface area contributed by atoms with Gasteiger partial charge >= 0.3 is 0 Å². The van der Waals surface area contributed by atoms with Crippen LogP contribution in [0.15, 0.2) is 47.6 Å². The van der Waals surface area contributed by atoms with Gasteiger partial charge in [0.1, 0.15) is 18.2 Å². The molecule has 0 radical (unpaired) electrons. The minimum Gasteiger partial charge on any atom is -0.485 e. The normalized spacial score (nSPS) is 10.9. The molecule has 0 aliphatic rings. The van der Waals surface area contributed by atoms with E-state index in [-0.39, 0.29) is 5.82 Å². The van der Waals surface area contributed by atoms with E-state index < -0.39 is 0 Å². The molecule has 0 saturated carbocycles. The lowest BCUT2D eigenvalue weighted by atomic mass is 10.1. The molecule has 1 aromatic heterocycles. The standard InChI is InChI=1S/C20H22FN3OS/c1-4-24-19(12-25-18-11-14(2)9-10-15(18)3)22-23-20(24)26-13-16-7-5-6-8-17(16)21/h5-11H,4,12-13H2,1-3H3. The molecular weight excluding hydrogens is 349 g/mol. The zero-order chi connectivity index (χ0) is 18.5. The number of rotatable bonds is 7. The Bertz CT molecular complexity index is 895. The fourth-order valence-corrected chi connectivity index (χ4v) is 3.62. The van der Waals surface area contributed by atoms with Gasteiger partial charge in [-0.05, 0) is 49.6 Å². The third-order valence-corrected chi connectivity index (χ3v) is 5.14. The van der Waals surface area contributed by atoms with Gasteiger partial charge < -0.3 is 9.30 Å². The fraction of sp³-hybridized carbons (Fsp3) is 0.300. The summed E-state index contributed by atoms with van der Waals surface area (Å²) in [7, 11) is 0. The first-order valence-electron chi connectivity index (χ1n) is 8.56. The molecule has 6 heteroatoms. The second-order valence-corrected chi connectivity index (χ2v) is 7.02. The van der Waals surface area contributed by atoms with Crippen molar-refractivity contribution >= 4 is 11.8 Å². The lowest BCUT2D eigenvalue weighted by molar-refractivity contribution is 0.286. The maximum absolute atomic E-state index is 13.8. The molecule has 4 nitrogen and oxygen atoms in total. The number of hydrogen-bond donors (Lipinski definition) is 0. The highest BCUT2D eigenvalue weighted by Crippen LogP contribution is 2.25. The van der Waals surface area contributed by atoms with Gasteiger partial charge in [0.25, 0.3) is 0 Å². The zero-order valence-corrected chi connectivity index (χ0v) is 16.0. The molecule has 1 heterocycles. The van der Waals surface area contributed by atoms with E-state index in [0.717, 1.165) is 34.4 Å². The first-order valence-corrected chi connectivity index (χ1v) is 9.55. The number of aromatic nitrogens is 3. The van der Waals surface area contributed by atoms with Crippen molar-refractivity contribution in [2.24, 2.45) is 0 Å². The Balaban J connectivity index is 1.70. The van der Waals surface area contributed by atoms with Crippen molar-refractivity contribution < 1.29 is 9.13 Å². The van der Waals surface area contributed by atoms with Gasteiger partial charge in [0.15, 0.2) is 11.0 Å². The molecule has 0 amide bonds. The summed E-state index contributed by atoms with van der Waals surface area (Å²) >= 11 is 1.48. The third kappa shape index (κ3) is 4.25. The van der Waals surface area contributed by atoms with Crippen LogP contribution in [0.1, 0.15) is 29.4 Å². The highest BCUT2D eigenvalue weighted by molar-refractivity contribution is 7.98. The Hall–Kier alpha value is -2.34.